The van der Waals surface area contributed by atoms with E-state index in [0.29, 0.717) is 52.3 Å². The number of aliphatic hydroxyl groups excluding tert-OH is 1. The third-order valence-electron chi connectivity index (χ3n) is 10.1. The zero-order valence-electron chi connectivity index (χ0n) is 29.1. The van der Waals surface area contributed by atoms with Crippen molar-refractivity contribution in [1.29, 1.82) is 0 Å². The van der Waals surface area contributed by atoms with Crippen molar-refractivity contribution in [2.75, 3.05) is 13.2 Å². The minimum Gasteiger partial charge on any atom is -0.390 e. The summed E-state index contributed by atoms with van der Waals surface area (Å²) in [4.78, 5) is 0. The minimum atomic E-state index is -0.686. The summed E-state index contributed by atoms with van der Waals surface area (Å²) in [5.41, 5.74) is 4.28. The molecule has 0 amide bonds. The quantitative estimate of drug-likeness (QED) is 0.156. The van der Waals surface area contributed by atoms with E-state index in [4.69, 9.17) is 33.2 Å². The first kappa shape index (κ1) is 35.9. The van der Waals surface area contributed by atoms with Gasteiger partial charge in [-0.3, -0.25) is 0 Å². The standard InChI is InChI=1S/C43H50O8/c44-35-21-22-38-42(30-48-43(51-38)34-19-11-4-12-20-34)49-39(35)25-40-36(46-27-32-15-7-2-8-16-32)23-24-37(47-28-33-17-9-3-10-18-33)41(50-40)29-45-26-31-13-5-1-6-14-31/h1-20,35-44H,21-30H2/t35-,36+,37-,38+,39+,40-,41+,42-,43-/m1/s1. The predicted molar refractivity (Wildman–Crippen MR) is 193 cm³/mol. The lowest BCUT2D eigenvalue weighted by atomic mass is 9.97. The predicted octanol–water partition coefficient (Wildman–Crippen LogP) is 7.33. The van der Waals surface area contributed by atoms with Crippen LogP contribution in [-0.2, 0) is 53.0 Å². The van der Waals surface area contributed by atoms with Crippen molar-refractivity contribution in [2.45, 2.75) is 107 Å². The highest BCUT2D eigenvalue weighted by Gasteiger charge is 2.43. The van der Waals surface area contributed by atoms with Gasteiger partial charge in [0, 0.05) is 12.0 Å². The molecule has 0 aromatic heterocycles. The number of hydrogen-bond donors (Lipinski definition) is 1. The lowest BCUT2D eigenvalue weighted by molar-refractivity contribution is -0.272. The van der Waals surface area contributed by atoms with Gasteiger partial charge in [-0.15, -0.1) is 0 Å². The molecule has 3 aliphatic rings. The number of aliphatic hydroxyl groups is 1. The Labute approximate surface area is 301 Å². The Kier molecular flexibility index (Phi) is 12.9. The second kappa shape index (κ2) is 18.4. The molecule has 0 bridgehead atoms. The third-order valence-corrected chi connectivity index (χ3v) is 10.1. The van der Waals surface area contributed by atoms with E-state index in [1.807, 2.05) is 84.9 Å². The van der Waals surface area contributed by atoms with Crippen molar-refractivity contribution in [3.63, 3.8) is 0 Å². The molecule has 8 heteroatoms. The molecule has 9 atom stereocenters. The fourth-order valence-electron chi connectivity index (χ4n) is 7.28. The Bertz CT molecular complexity index is 1560. The zero-order chi connectivity index (χ0) is 34.7. The molecule has 3 fully saturated rings. The van der Waals surface area contributed by atoms with Crippen LogP contribution in [0.2, 0.25) is 0 Å². The van der Waals surface area contributed by atoms with Crippen LogP contribution < -0.4 is 0 Å². The monoisotopic (exact) mass is 694 g/mol. The second-order valence-corrected chi connectivity index (χ2v) is 13.8. The van der Waals surface area contributed by atoms with E-state index in [2.05, 4.69) is 36.4 Å². The highest BCUT2D eigenvalue weighted by Crippen LogP contribution is 2.36. The van der Waals surface area contributed by atoms with Gasteiger partial charge in [-0.2, -0.15) is 0 Å². The molecule has 3 aliphatic heterocycles. The Morgan fingerprint density at radius 2 is 1.08 bits per heavy atom. The average Bonchev–Trinajstić information content (AvgIpc) is 3.45. The summed E-state index contributed by atoms with van der Waals surface area (Å²) in [7, 11) is 0. The lowest BCUT2D eigenvalue weighted by Gasteiger charge is -2.37. The van der Waals surface area contributed by atoms with E-state index in [1.54, 1.807) is 0 Å². The Hall–Kier alpha value is -3.44. The fraction of sp³-hybridized carbons (Fsp3) is 0.442. The van der Waals surface area contributed by atoms with Crippen molar-refractivity contribution >= 4 is 0 Å². The van der Waals surface area contributed by atoms with E-state index >= 15 is 0 Å². The van der Waals surface area contributed by atoms with Crippen molar-refractivity contribution in [3.05, 3.63) is 144 Å². The molecule has 1 N–H and O–H groups in total. The lowest BCUT2D eigenvalue weighted by Crippen LogP contribution is -2.46. The van der Waals surface area contributed by atoms with Crippen molar-refractivity contribution < 1.29 is 38.3 Å². The van der Waals surface area contributed by atoms with Crippen LogP contribution in [0.3, 0.4) is 0 Å². The van der Waals surface area contributed by atoms with Gasteiger partial charge in [0.25, 0.3) is 0 Å². The van der Waals surface area contributed by atoms with E-state index in [1.165, 1.54) is 0 Å². The number of hydrogen-bond acceptors (Lipinski definition) is 8. The van der Waals surface area contributed by atoms with Crippen LogP contribution in [0.25, 0.3) is 0 Å². The van der Waals surface area contributed by atoms with Crippen molar-refractivity contribution in [3.8, 4) is 0 Å². The maximum atomic E-state index is 11.5. The van der Waals surface area contributed by atoms with Crippen LogP contribution in [0.5, 0.6) is 0 Å². The number of rotatable bonds is 13. The highest BCUT2D eigenvalue weighted by molar-refractivity contribution is 5.17. The first-order valence-electron chi connectivity index (χ1n) is 18.4. The summed E-state index contributed by atoms with van der Waals surface area (Å²) in [5.74, 6) is 0. The van der Waals surface area contributed by atoms with Crippen molar-refractivity contribution in [1.82, 2.24) is 0 Å². The second-order valence-electron chi connectivity index (χ2n) is 13.8. The third kappa shape index (κ3) is 10.1. The van der Waals surface area contributed by atoms with E-state index < -0.39 is 18.5 Å². The van der Waals surface area contributed by atoms with Crippen LogP contribution in [-0.4, -0.2) is 67.2 Å². The number of ether oxygens (including phenoxy) is 7. The van der Waals surface area contributed by atoms with Gasteiger partial charge in [0.15, 0.2) is 6.29 Å². The summed E-state index contributed by atoms with van der Waals surface area (Å²) in [6.45, 7) is 2.15. The molecule has 4 aromatic carbocycles. The summed E-state index contributed by atoms with van der Waals surface area (Å²) in [6.07, 6.45) is -0.127. The normalized spacial score (nSPS) is 29.8. The Morgan fingerprint density at radius 1 is 0.529 bits per heavy atom. The molecule has 0 radical (unpaired) electrons. The van der Waals surface area contributed by atoms with Gasteiger partial charge in [-0.1, -0.05) is 121 Å². The fourth-order valence-corrected chi connectivity index (χ4v) is 7.28. The van der Waals surface area contributed by atoms with Gasteiger partial charge < -0.3 is 38.3 Å². The van der Waals surface area contributed by atoms with Gasteiger partial charge in [0.2, 0.25) is 0 Å². The molecule has 0 aliphatic carbocycles. The smallest absolute Gasteiger partial charge is 0.184 e. The van der Waals surface area contributed by atoms with E-state index in [9.17, 15) is 5.11 Å². The van der Waals surface area contributed by atoms with Gasteiger partial charge in [0.1, 0.15) is 12.2 Å². The van der Waals surface area contributed by atoms with Gasteiger partial charge in [-0.25, -0.2) is 0 Å². The molecule has 8 nitrogen and oxygen atoms in total. The molecular weight excluding hydrogens is 644 g/mol. The maximum absolute atomic E-state index is 11.5. The largest absolute Gasteiger partial charge is 0.390 e. The van der Waals surface area contributed by atoms with Gasteiger partial charge >= 0.3 is 0 Å². The van der Waals surface area contributed by atoms with Gasteiger partial charge in [-0.05, 0) is 42.4 Å². The first-order chi connectivity index (χ1) is 25.2. The maximum Gasteiger partial charge on any atom is 0.184 e. The van der Waals surface area contributed by atoms with Crippen LogP contribution in [0.4, 0.5) is 0 Å². The Balaban J connectivity index is 1.08. The molecule has 0 spiro atoms. The van der Waals surface area contributed by atoms with Crippen LogP contribution in [0, 0.1) is 0 Å². The highest BCUT2D eigenvalue weighted by atomic mass is 16.7. The minimum absolute atomic E-state index is 0.182. The summed E-state index contributed by atoms with van der Waals surface area (Å²) in [5, 5.41) is 11.5. The summed E-state index contributed by atoms with van der Waals surface area (Å²) in [6, 6.07) is 40.5. The molecule has 51 heavy (non-hydrogen) atoms. The first-order valence-corrected chi connectivity index (χ1v) is 18.4. The van der Waals surface area contributed by atoms with Gasteiger partial charge in [0.05, 0.1) is 69.7 Å². The zero-order valence-corrected chi connectivity index (χ0v) is 29.1. The molecule has 3 saturated heterocycles. The molecule has 270 valence electrons. The summed E-state index contributed by atoms with van der Waals surface area (Å²) < 4.78 is 45.8. The van der Waals surface area contributed by atoms with Crippen molar-refractivity contribution in [2.24, 2.45) is 0 Å². The number of benzene rings is 4. The summed E-state index contributed by atoms with van der Waals surface area (Å²) >= 11 is 0. The van der Waals surface area contributed by atoms with Crippen LogP contribution in [0.15, 0.2) is 121 Å². The Morgan fingerprint density at radius 3 is 1.69 bits per heavy atom. The SMILES string of the molecule is O[C@@H]1CC[C@@H]2O[C@H](c3ccccc3)OC[C@H]2O[C@H]1C[C@H]1O[C@@H](COCc2ccccc2)[C@H](OCc2ccccc2)CC[C@@H]1OCc1ccccc1. The molecule has 0 saturated carbocycles. The molecular formula is C43H50O8. The van der Waals surface area contributed by atoms with Crippen LogP contribution >= 0.6 is 0 Å². The average molecular weight is 695 g/mol. The van der Waals surface area contributed by atoms with E-state index in [0.717, 1.165) is 35.1 Å². The molecule has 7 rings (SSSR count). The molecule has 4 aromatic rings. The topological polar surface area (TPSA) is 84.8 Å². The molecule has 3 heterocycles. The van der Waals surface area contributed by atoms with E-state index in [-0.39, 0.29) is 36.6 Å². The number of fused-ring (bicyclic) bond motifs is 1. The molecule has 0 unspecified atom stereocenters. The van der Waals surface area contributed by atoms with Crippen LogP contribution in [0.1, 0.15) is 60.6 Å².